The van der Waals surface area contributed by atoms with Crippen molar-refractivity contribution in [3.05, 3.63) is 35.4 Å². The Morgan fingerprint density at radius 2 is 2.18 bits per heavy atom. The molecule has 0 heterocycles. The van der Waals surface area contributed by atoms with Crippen molar-refractivity contribution in [3.63, 3.8) is 0 Å². The molecule has 5 heteroatoms. The Morgan fingerprint density at radius 3 is 2.82 bits per heavy atom. The maximum atomic E-state index is 13.2. The Hall–Kier alpha value is -1.49. The van der Waals surface area contributed by atoms with Gasteiger partial charge < -0.3 is 10.4 Å². The van der Waals surface area contributed by atoms with Crippen molar-refractivity contribution in [2.24, 2.45) is 0 Å². The van der Waals surface area contributed by atoms with Crippen molar-refractivity contribution in [3.8, 4) is 0 Å². The number of carbonyl (C=O) groups excluding carboxylic acids is 1. The van der Waals surface area contributed by atoms with Crippen molar-refractivity contribution < 1.29 is 18.7 Å². The second kappa shape index (κ2) is 6.30. The highest BCUT2D eigenvalue weighted by Crippen LogP contribution is 2.10. The van der Waals surface area contributed by atoms with E-state index in [1.807, 2.05) is 0 Å². The number of carbonyl (C=O) groups is 1. The number of rotatable bonds is 5. The van der Waals surface area contributed by atoms with Crippen LogP contribution in [-0.2, 0) is 11.2 Å². The summed E-state index contributed by atoms with van der Waals surface area (Å²) in [6.45, 7) is 1.92. The number of hydrogen-bond donors (Lipinski definition) is 2. The molecule has 0 fully saturated rings. The van der Waals surface area contributed by atoms with Crippen LogP contribution in [0.4, 0.5) is 8.78 Å². The molecule has 0 aromatic heterocycles. The van der Waals surface area contributed by atoms with Gasteiger partial charge in [-0.1, -0.05) is 0 Å². The van der Waals surface area contributed by atoms with Gasteiger partial charge in [-0.25, -0.2) is 8.78 Å². The molecule has 0 aliphatic heterocycles. The van der Waals surface area contributed by atoms with E-state index in [-0.39, 0.29) is 12.0 Å². The summed E-state index contributed by atoms with van der Waals surface area (Å²) < 4.78 is 26.0. The monoisotopic (exact) mass is 243 g/mol. The molecule has 1 rings (SSSR count). The Balaban J connectivity index is 2.47. The summed E-state index contributed by atoms with van der Waals surface area (Å²) >= 11 is 0. The molecule has 0 aliphatic carbocycles. The van der Waals surface area contributed by atoms with Crippen LogP contribution in [0.5, 0.6) is 0 Å². The zero-order chi connectivity index (χ0) is 12.8. The van der Waals surface area contributed by atoms with Crippen LogP contribution in [0.1, 0.15) is 18.9 Å². The number of halogens is 2. The Morgan fingerprint density at radius 1 is 1.47 bits per heavy atom. The quantitative estimate of drug-likeness (QED) is 0.821. The number of aliphatic hydroxyl groups is 1. The number of aliphatic hydroxyl groups excluding tert-OH is 1. The van der Waals surface area contributed by atoms with Crippen molar-refractivity contribution in [2.45, 2.75) is 25.9 Å². The molecule has 0 bridgehead atoms. The molecular formula is C12H15F2NO2. The maximum Gasteiger partial charge on any atom is 0.224 e. The standard InChI is InChI=1S/C12H15F2NO2/c1-8(16)4-5-15-12(17)7-9-6-10(13)2-3-11(9)14/h2-3,6,8,16H,4-5,7H2,1H3,(H,15,17). The van der Waals surface area contributed by atoms with Gasteiger partial charge in [-0.2, -0.15) is 0 Å². The minimum absolute atomic E-state index is 0.0274. The normalized spacial score (nSPS) is 12.2. The number of benzene rings is 1. The molecule has 1 amide bonds. The number of hydrogen-bond acceptors (Lipinski definition) is 2. The first-order valence-electron chi connectivity index (χ1n) is 5.37. The summed E-state index contributed by atoms with van der Waals surface area (Å²) in [6, 6.07) is 3.00. The van der Waals surface area contributed by atoms with Gasteiger partial charge in [0.25, 0.3) is 0 Å². The lowest BCUT2D eigenvalue weighted by atomic mass is 10.1. The van der Waals surface area contributed by atoms with Gasteiger partial charge in [-0.3, -0.25) is 4.79 Å². The molecule has 1 atom stereocenters. The van der Waals surface area contributed by atoms with E-state index in [2.05, 4.69) is 5.32 Å². The maximum absolute atomic E-state index is 13.2. The van der Waals surface area contributed by atoms with E-state index < -0.39 is 23.6 Å². The molecule has 0 spiro atoms. The smallest absolute Gasteiger partial charge is 0.224 e. The van der Waals surface area contributed by atoms with E-state index in [4.69, 9.17) is 5.11 Å². The van der Waals surface area contributed by atoms with Gasteiger partial charge in [0.1, 0.15) is 11.6 Å². The zero-order valence-corrected chi connectivity index (χ0v) is 9.54. The predicted molar refractivity (Wildman–Crippen MR) is 59.4 cm³/mol. The number of nitrogens with one attached hydrogen (secondary N) is 1. The Kier molecular flexibility index (Phi) is 5.03. The highest BCUT2D eigenvalue weighted by molar-refractivity contribution is 5.78. The van der Waals surface area contributed by atoms with Crippen molar-refractivity contribution >= 4 is 5.91 Å². The highest BCUT2D eigenvalue weighted by atomic mass is 19.1. The van der Waals surface area contributed by atoms with E-state index in [9.17, 15) is 13.6 Å². The lowest BCUT2D eigenvalue weighted by molar-refractivity contribution is -0.120. The third-order valence-electron chi connectivity index (χ3n) is 2.24. The zero-order valence-electron chi connectivity index (χ0n) is 9.54. The molecule has 3 nitrogen and oxygen atoms in total. The van der Waals surface area contributed by atoms with Crippen LogP contribution >= 0.6 is 0 Å². The molecule has 17 heavy (non-hydrogen) atoms. The minimum atomic E-state index is -0.600. The van der Waals surface area contributed by atoms with Gasteiger partial charge in [0, 0.05) is 12.1 Å². The molecular weight excluding hydrogens is 228 g/mol. The fourth-order valence-corrected chi connectivity index (χ4v) is 1.33. The second-order valence-corrected chi connectivity index (χ2v) is 3.90. The molecule has 2 N–H and O–H groups in total. The fraction of sp³-hybridized carbons (Fsp3) is 0.417. The van der Waals surface area contributed by atoms with Crippen LogP contribution < -0.4 is 5.32 Å². The Labute approximate surface area is 98.5 Å². The van der Waals surface area contributed by atoms with Crippen molar-refractivity contribution in [1.82, 2.24) is 5.32 Å². The summed E-state index contributed by atoms with van der Waals surface area (Å²) in [4.78, 5) is 11.4. The van der Waals surface area contributed by atoms with Crippen LogP contribution in [-0.4, -0.2) is 23.7 Å². The van der Waals surface area contributed by atoms with Gasteiger partial charge in [0.2, 0.25) is 5.91 Å². The lowest BCUT2D eigenvalue weighted by Crippen LogP contribution is -2.28. The summed E-state index contributed by atoms with van der Waals surface area (Å²) in [5.74, 6) is -1.56. The van der Waals surface area contributed by atoms with Gasteiger partial charge in [-0.15, -0.1) is 0 Å². The first-order valence-corrected chi connectivity index (χ1v) is 5.37. The SMILES string of the molecule is CC(O)CCNC(=O)Cc1cc(F)ccc1F. The summed E-state index contributed by atoms with van der Waals surface area (Å²) in [5.41, 5.74) is 0.0274. The van der Waals surface area contributed by atoms with Gasteiger partial charge in [0.05, 0.1) is 12.5 Å². The third-order valence-corrected chi connectivity index (χ3v) is 2.24. The van der Waals surface area contributed by atoms with Crippen LogP contribution in [0.25, 0.3) is 0 Å². The van der Waals surface area contributed by atoms with Gasteiger partial charge in [0.15, 0.2) is 0 Å². The molecule has 1 unspecified atom stereocenters. The number of amides is 1. The van der Waals surface area contributed by atoms with Gasteiger partial charge >= 0.3 is 0 Å². The molecule has 1 aromatic rings. The van der Waals surface area contributed by atoms with E-state index in [0.717, 1.165) is 18.2 Å². The average molecular weight is 243 g/mol. The predicted octanol–water partition coefficient (Wildman–Crippen LogP) is 1.39. The summed E-state index contributed by atoms with van der Waals surface area (Å²) in [5, 5.41) is 11.5. The first kappa shape index (κ1) is 13.6. The Bertz CT molecular complexity index is 394. The summed E-state index contributed by atoms with van der Waals surface area (Å²) in [7, 11) is 0. The highest BCUT2D eigenvalue weighted by Gasteiger charge is 2.09. The molecule has 0 aliphatic rings. The average Bonchev–Trinajstić information content (AvgIpc) is 2.23. The third kappa shape index (κ3) is 4.91. The fourth-order valence-electron chi connectivity index (χ4n) is 1.33. The van der Waals surface area contributed by atoms with E-state index >= 15 is 0 Å². The minimum Gasteiger partial charge on any atom is -0.393 e. The molecule has 0 saturated carbocycles. The van der Waals surface area contributed by atoms with Crippen LogP contribution in [0.3, 0.4) is 0 Å². The van der Waals surface area contributed by atoms with Crippen LogP contribution in [0.15, 0.2) is 18.2 Å². The molecule has 94 valence electrons. The van der Waals surface area contributed by atoms with E-state index in [0.29, 0.717) is 13.0 Å². The van der Waals surface area contributed by atoms with Crippen molar-refractivity contribution in [1.29, 1.82) is 0 Å². The summed E-state index contributed by atoms with van der Waals surface area (Å²) in [6.07, 6.45) is -0.276. The topological polar surface area (TPSA) is 49.3 Å². The van der Waals surface area contributed by atoms with Crippen LogP contribution in [0.2, 0.25) is 0 Å². The van der Waals surface area contributed by atoms with Gasteiger partial charge in [-0.05, 0) is 31.5 Å². The largest absolute Gasteiger partial charge is 0.393 e. The second-order valence-electron chi connectivity index (χ2n) is 3.90. The van der Waals surface area contributed by atoms with Crippen molar-refractivity contribution in [2.75, 3.05) is 6.54 Å². The van der Waals surface area contributed by atoms with Crippen LogP contribution in [0, 0.1) is 11.6 Å². The first-order chi connectivity index (χ1) is 7.99. The lowest BCUT2D eigenvalue weighted by Gasteiger charge is -2.07. The van der Waals surface area contributed by atoms with E-state index in [1.165, 1.54) is 0 Å². The van der Waals surface area contributed by atoms with E-state index in [1.54, 1.807) is 6.92 Å². The molecule has 0 radical (unpaired) electrons. The molecule has 1 aromatic carbocycles. The molecule has 0 saturated heterocycles.